The lowest BCUT2D eigenvalue weighted by Gasteiger charge is -2.20. The van der Waals surface area contributed by atoms with Gasteiger partial charge in [-0.15, -0.1) is 0 Å². The molecular formula is C18H18F3NO5. The zero-order valence-corrected chi connectivity index (χ0v) is 15.1. The van der Waals surface area contributed by atoms with Crippen molar-refractivity contribution in [3.8, 4) is 11.5 Å². The van der Waals surface area contributed by atoms with E-state index < -0.39 is 23.6 Å². The van der Waals surface area contributed by atoms with Gasteiger partial charge < -0.3 is 19.1 Å². The molecule has 0 saturated heterocycles. The van der Waals surface area contributed by atoms with Gasteiger partial charge in [0, 0.05) is 18.0 Å². The third-order valence-electron chi connectivity index (χ3n) is 4.00. The number of amides is 1. The van der Waals surface area contributed by atoms with Gasteiger partial charge in [0.05, 0.1) is 21.3 Å². The molecule has 0 atom stereocenters. The molecule has 6 nitrogen and oxygen atoms in total. The Morgan fingerprint density at radius 1 is 1.00 bits per heavy atom. The van der Waals surface area contributed by atoms with Crippen LogP contribution in [-0.4, -0.2) is 51.7 Å². The van der Waals surface area contributed by atoms with Gasteiger partial charge in [0.2, 0.25) is 0 Å². The van der Waals surface area contributed by atoms with E-state index in [1.807, 2.05) is 0 Å². The third kappa shape index (κ3) is 3.91. The first kappa shape index (κ1) is 20.3. The number of likely N-dealkylation sites (N-methyl/N-ethyl adjacent to an activating group) is 1. The summed E-state index contributed by atoms with van der Waals surface area (Å²) in [4.78, 5) is 25.1. The smallest absolute Gasteiger partial charge is 0.420 e. The molecule has 0 aromatic heterocycles. The molecule has 0 spiro atoms. The van der Waals surface area contributed by atoms with E-state index in [-0.39, 0.29) is 34.4 Å². The predicted octanol–water partition coefficient (Wildman–Crippen LogP) is 3.12. The summed E-state index contributed by atoms with van der Waals surface area (Å²) >= 11 is 0. The number of rotatable bonds is 5. The molecule has 0 heterocycles. The van der Waals surface area contributed by atoms with Gasteiger partial charge >= 0.3 is 12.1 Å². The van der Waals surface area contributed by atoms with Crippen LogP contribution in [0, 0.1) is 0 Å². The Balaban J connectivity index is 2.75. The Hall–Kier alpha value is -2.97. The second-order valence-corrected chi connectivity index (χ2v) is 5.62. The number of benzene rings is 2. The van der Waals surface area contributed by atoms with Crippen LogP contribution in [0.15, 0.2) is 24.3 Å². The molecule has 0 radical (unpaired) electrons. The van der Waals surface area contributed by atoms with Crippen LogP contribution in [0.4, 0.5) is 13.2 Å². The van der Waals surface area contributed by atoms with Gasteiger partial charge in [-0.1, -0.05) is 0 Å². The quantitative estimate of drug-likeness (QED) is 0.740. The highest BCUT2D eigenvalue weighted by Gasteiger charge is 2.38. The molecule has 0 bridgehead atoms. The highest BCUT2D eigenvalue weighted by Crippen LogP contribution is 2.45. The van der Waals surface area contributed by atoms with Crippen molar-refractivity contribution >= 4 is 22.6 Å². The molecule has 0 N–H and O–H groups in total. The molecule has 0 fully saturated rings. The van der Waals surface area contributed by atoms with Gasteiger partial charge in [0.15, 0.2) is 0 Å². The van der Waals surface area contributed by atoms with Crippen LogP contribution in [0.1, 0.15) is 15.9 Å². The van der Waals surface area contributed by atoms with E-state index in [1.54, 1.807) is 0 Å². The normalized spacial score (nSPS) is 11.2. The summed E-state index contributed by atoms with van der Waals surface area (Å²) in [6.07, 6.45) is -4.74. The van der Waals surface area contributed by atoms with Crippen molar-refractivity contribution in [3.63, 3.8) is 0 Å². The molecule has 0 aliphatic carbocycles. The van der Waals surface area contributed by atoms with Gasteiger partial charge in [-0.2, -0.15) is 13.2 Å². The number of carbonyl (C=O) groups is 2. The average Bonchev–Trinajstić information content (AvgIpc) is 2.64. The molecule has 0 saturated carbocycles. The monoisotopic (exact) mass is 385 g/mol. The number of esters is 1. The number of hydrogen-bond acceptors (Lipinski definition) is 5. The highest BCUT2D eigenvalue weighted by atomic mass is 19.4. The van der Waals surface area contributed by atoms with E-state index >= 15 is 0 Å². The molecule has 0 unspecified atom stereocenters. The summed E-state index contributed by atoms with van der Waals surface area (Å²) in [5.41, 5.74) is -1.05. The molecule has 0 aliphatic heterocycles. The first-order valence-electron chi connectivity index (χ1n) is 7.72. The van der Waals surface area contributed by atoms with Gasteiger partial charge in [0.25, 0.3) is 5.91 Å². The van der Waals surface area contributed by atoms with Crippen LogP contribution in [-0.2, 0) is 15.7 Å². The summed E-state index contributed by atoms with van der Waals surface area (Å²) in [7, 11) is 4.89. The van der Waals surface area contributed by atoms with E-state index in [9.17, 15) is 22.8 Å². The SMILES string of the molecule is COC(=O)CN(C)C(=O)c1ccc(OC)c2c(C(F)(F)F)c(OC)ccc12. The Kier molecular flexibility index (Phi) is 5.82. The van der Waals surface area contributed by atoms with E-state index in [0.29, 0.717) is 0 Å². The topological polar surface area (TPSA) is 65.1 Å². The molecular weight excluding hydrogens is 367 g/mol. The van der Waals surface area contributed by atoms with Crippen molar-refractivity contribution < 1.29 is 37.0 Å². The van der Waals surface area contributed by atoms with Crippen LogP contribution < -0.4 is 9.47 Å². The summed E-state index contributed by atoms with van der Waals surface area (Å²) < 4.78 is 55.6. The molecule has 27 heavy (non-hydrogen) atoms. The minimum atomic E-state index is -4.74. The van der Waals surface area contributed by atoms with Crippen molar-refractivity contribution in [2.24, 2.45) is 0 Å². The lowest BCUT2D eigenvalue weighted by molar-refractivity contribution is -0.141. The van der Waals surface area contributed by atoms with Crippen molar-refractivity contribution in [2.45, 2.75) is 6.18 Å². The first-order valence-corrected chi connectivity index (χ1v) is 7.72. The molecule has 146 valence electrons. The second-order valence-electron chi connectivity index (χ2n) is 5.62. The maximum Gasteiger partial charge on any atom is 0.420 e. The Morgan fingerprint density at radius 2 is 1.59 bits per heavy atom. The highest BCUT2D eigenvalue weighted by molar-refractivity contribution is 6.10. The molecule has 1 amide bonds. The van der Waals surface area contributed by atoms with Crippen LogP contribution >= 0.6 is 0 Å². The lowest BCUT2D eigenvalue weighted by Crippen LogP contribution is -2.32. The van der Waals surface area contributed by atoms with Crippen molar-refractivity contribution in [1.29, 1.82) is 0 Å². The maximum atomic E-state index is 13.7. The summed E-state index contributed by atoms with van der Waals surface area (Å²) in [5.74, 6) is -1.73. The Morgan fingerprint density at radius 3 is 2.11 bits per heavy atom. The van der Waals surface area contributed by atoms with Crippen LogP contribution in [0.5, 0.6) is 11.5 Å². The van der Waals surface area contributed by atoms with Crippen LogP contribution in [0.2, 0.25) is 0 Å². The number of nitrogens with zero attached hydrogens (tertiary/aromatic N) is 1. The minimum Gasteiger partial charge on any atom is -0.496 e. The van der Waals surface area contributed by atoms with Crippen molar-refractivity contribution in [3.05, 3.63) is 35.4 Å². The standard InChI is InChI=1S/C18H18F3NO5/c1-22(9-14(23)27-4)17(24)11-6-7-12(25-2)15-10(11)5-8-13(26-3)16(15)18(19,20)21/h5-8H,9H2,1-4H3. The Labute approximate surface area is 153 Å². The Bertz CT molecular complexity index is 879. The first-order chi connectivity index (χ1) is 12.6. The maximum absolute atomic E-state index is 13.7. The van der Waals surface area contributed by atoms with Crippen molar-refractivity contribution in [1.82, 2.24) is 4.90 Å². The largest absolute Gasteiger partial charge is 0.496 e. The minimum absolute atomic E-state index is 0.00893. The van der Waals surface area contributed by atoms with E-state index in [4.69, 9.17) is 9.47 Å². The predicted molar refractivity (Wildman–Crippen MR) is 91.0 cm³/mol. The zero-order valence-electron chi connectivity index (χ0n) is 15.1. The van der Waals surface area contributed by atoms with Gasteiger partial charge in [-0.25, -0.2) is 0 Å². The van der Waals surface area contributed by atoms with E-state index in [2.05, 4.69) is 4.74 Å². The number of halogens is 3. The fraction of sp³-hybridized carbons (Fsp3) is 0.333. The molecule has 9 heteroatoms. The number of ether oxygens (including phenoxy) is 3. The average molecular weight is 385 g/mol. The number of hydrogen-bond donors (Lipinski definition) is 0. The number of alkyl halides is 3. The molecule has 2 aromatic carbocycles. The number of carbonyl (C=O) groups excluding carboxylic acids is 2. The van der Waals surface area contributed by atoms with Crippen LogP contribution in [0.25, 0.3) is 10.8 Å². The van der Waals surface area contributed by atoms with Crippen molar-refractivity contribution in [2.75, 3.05) is 34.9 Å². The fourth-order valence-electron chi connectivity index (χ4n) is 2.74. The third-order valence-corrected chi connectivity index (χ3v) is 4.00. The molecule has 0 aliphatic rings. The van der Waals surface area contributed by atoms with E-state index in [0.717, 1.165) is 18.1 Å². The zero-order chi connectivity index (χ0) is 20.4. The van der Waals surface area contributed by atoms with Gasteiger partial charge in [0.1, 0.15) is 23.6 Å². The molecule has 2 rings (SSSR count). The van der Waals surface area contributed by atoms with Gasteiger partial charge in [-0.05, 0) is 29.7 Å². The fourth-order valence-corrected chi connectivity index (χ4v) is 2.74. The summed E-state index contributed by atoms with van der Waals surface area (Å²) in [5, 5.41) is -0.258. The summed E-state index contributed by atoms with van der Waals surface area (Å²) in [6.45, 7) is -0.342. The van der Waals surface area contributed by atoms with Crippen LogP contribution in [0.3, 0.4) is 0 Å². The summed E-state index contributed by atoms with van der Waals surface area (Å²) in [6, 6.07) is 5.12. The second kappa shape index (κ2) is 7.73. The number of methoxy groups -OCH3 is 3. The lowest BCUT2D eigenvalue weighted by atomic mass is 9.97. The number of fused-ring (bicyclic) bond motifs is 1. The van der Waals surface area contributed by atoms with E-state index in [1.165, 1.54) is 39.5 Å². The van der Waals surface area contributed by atoms with Gasteiger partial charge in [-0.3, -0.25) is 9.59 Å². The molecule has 2 aromatic rings.